The van der Waals surface area contributed by atoms with Gasteiger partial charge in [-0.25, -0.2) is 0 Å². The van der Waals surface area contributed by atoms with Crippen molar-refractivity contribution in [2.45, 2.75) is 18.5 Å². The van der Waals surface area contributed by atoms with Gasteiger partial charge in [0.2, 0.25) is 0 Å². The predicted molar refractivity (Wildman–Crippen MR) is 28.8 cm³/mol. The third-order valence-electron chi connectivity index (χ3n) is 1.34. The minimum Gasteiger partial charge on any atom is -0.388 e. The summed E-state index contributed by atoms with van der Waals surface area (Å²) in [6.45, 7) is 0.152. The molecule has 0 spiro atoms. The number of ether oxygens (including phenoxy) is 2. The molecule has 1 saturated heterocycles. The van der Waals surface area contributed by atoms with Crippen LogP contribution in [0.1, 0.15) is 0 Å². The molecule has 3 atom stereocenters. The number of aliphatic hydroxyl groups excluding tert-OH is 2. The molecule has 0 unspecified atom stereocenters. The maximum Gasteiger partial charge on any atom is 0.185 e. The van der Waals surface area contributed by atoms with Crippen LogP contribution in [0.15, 0.2) is 0 Å². The lowest BCUT2D eigenvalue weighted by Gasteiger charge is -2.11. The van der Waals surface area contributed by atoms with Crippen LogP contribution in [0.2, 0.25) is 0 Å². The molecule has 1 heterocycles. The number of hydrogen-bond acceptors (Lipinski definition) is 4. The molecule has 1 aliphatic heterocycles. The number of aliphatic hydroxyl groups is 2. The lowest BCUT2D eigenvalue weighted by molar-refractivity contribution is -0.134. The topological polar surface area (TPSA) is 58.9 Å². The molecule has 1 rings (SSSR count). The third-order valence-corrected chi connectivity index (χ3v) is 1.34. The van der Waals surface area contributed by atoms with Crippen LogP contribution in [0.3, 0.4) is 0 Å². The van der Waals surface area contributed by atoms with Gasteiger partial charge < -0.3 is 19.7 Å². The second kappa shape index (κ2) is 2.62. The van der Waals surface area contributed by atoms with Gasteiger partial charge in [-0.1, -0.05) is 0 Å². The zero-order chi connectivity index (χ0) is 6.85. The first-order valence-corrected chi connectivity index (χ1v) is 2.76. The molecule has 4 heteroatoms. The average molecular weight is 134 g/mol. The standard InChI is InChI=1S/C5H10O4/c1-8-5-4(7)3(6)2-9-5/h3-7H,2H2,1H3/t3-,4-,5+/m0/s1. The van der Waals surface area contributed by atoms with E-state index >= 15 is 0 Å². The average Bonchev–Trinajstić information content (AvgIpc) is 2.15. The monoisotopic (exact) mass is 134 g/mol. The van der Waals surface area contributed by atoms with Crippen LogP contribution < -0.4 is 0 Å². The summed E-state index contributed by atoms with van der Waals surface area (Å²) in [5.74, 6) is 0. The van der Waals surface area contributed by atoms with E-state index in [1.54, 1.807) is 0 Å². The van der Waals surface area contributed by atoms with Crippen LogP contribution in [-0.2, 0) is 9.47 Å². The zero-order valence-electron chi connectivity index (χ0n) is 5.15. The van der Waals surface area contributed by atoms with E-state index in [2.05, 4.69) is 4.74 Å². The van der Waals surface area contributed by atoms with Gasteiger partial charge in [-0.2, -0.15) is 0 Å². The molecule has 4 nitrogen and oxygen atoms in total. The molecular formula is C5H10O4. The van der Waals surface area contributed by atoms with Crippen molar-refractivity contribution in [3.8, 4) is 0 Å². The number of methoxy groups -OCH3 is 1. The first kappa shape index (κ1) is 6.95. The lowest BCUT2D eigenvalue weighted by Crippen LogP contribution is -2.30. The summed E-state index contributed by atoms with van der Waals surface area (Å²) in [5, 5.41) is 17.8. The molecule has 1 aliphatic rings. The Morgan fingerprint density at radius 1 is 1.56 bits per heavy atom. The summed E-state index contributed by atoms with van der Waals surface area (Å²) >= 11 is 0. The molecule has 0 aromatic carbocycles. The van der Waals surface area contributed by atoms with Crippen LogP contribution in [-0.4, -0.2) is 42.4 Å². The molecule has 54 valence electrons. The van der Waals surface area contributed by atoms with E-state index in [1.165, 1.54) is 7.11 Å². The highest BCUT2D eigenvalue weighted by Gasteiger charge is 2.34. The molecule has 0 bridgehead atoms. The highest BCUT2D eigenvalue weighted by molar-refractivity contribution is 4.76. The van der Waals surface area contributed by atoms with Crippen molar-refractivity contribution in [2.75, 3.05) is 13.7 Å². The molecule has 0 aromatic rings. The lowest BCUT2D eigenvalue weighted by atomic mass is 10.2. The quantitative estimate of drug-likeness (QED) is 0.468. The second-order valence-electron chi connectivity index (χ2n) is 2.00. The Kier molecular flexibility index (Phi) is 2.02. The van der Waals surface area contributed by atoms with Crippen molar-refractivity contribution < 1.29 is 19.7 Å². The minimum absolute atomic E-state index is 0.152. The van der Waals surface area contributed by atoms with Crippen molar-refractivity contribution in [3.05, 3.63) is 0 Å². The first-order chi connectivity index (χ1) is 4.25. The van der Waals surface area contributed by atoms with Crippen molar-refractivity contribution >= 4 is 0 Å². The molecule has 2 N–H and O–H groups in total. The summed E-state index contributed by atoms with van der Waals surface area (Å²) < 4.78 is 9.47. The van der Waals surface area contributed by atoms with Gasteiger partial charge in [-0.15, -0.1) is 0 Å². The van der Waals surface area contributed by atoms with Gasteiger partial charge in [0.15, 0.2) is 6.29 Å². The maximum absolute atomic E-state index is 8.96. The van der Waals surface area contributed by atoms with E-state index in [-0.39, 0.29) is 6.61 Å². The van der Waals surface area contributed by atoms with Gasteiger partial charge in [0.25, 0.3) is 0 Å². The van der Waals surface area contributed by atoms with E-state index < -0.39 is 18.5 Å². The van der Waals surface area contributed by atoms with Gasteiger partial charge in [0.1, 0.15) is 12.2 Å². The summed E-state index contributed by atoms with van der Waals surface area (Å²) in [6, 6.07) is 0. The van der Waals surface area contributed by atoms with Gasteiger partial charge in [0, 0.05) is 7.11 Å². The fourth-order valence-corrected chi connectivity index (χ4v) is 0.779. The zero-order valence-corrected chi connectivity index (χ0v) is 5.15. The van der Waals surface area contributed by atoms with Gasteiger partial charge in [0.05, 0.1) is 6.61 Å². The second-order valence-corrected chi connectivity index (χ2v) is 2.00. The minimum atomic E-state index is -0.894. The Bertz CT molecular complexity index is 95.0. The fraction of sp³-hybridized carbons (Fsp3) is 1.00. The van der Waals surface area contributed by atoms with Gasteiger partial charge >= 0.3 is 0 Å². The van der Waals surface area contributed by atoms with E-state index in [4.69, 9.17) is 14.9 Å². The predicted octanol–water partition coefficient (Wildman–Crippen LogP) is -1.29. The normalized spacial score (nSPS) is 43.7. The van der Waals surface area contributed by atoms with Crippen LogP contribution in [0.25, 0.3) is 0 Å². The smallest absolute Gasteiger partial charge is 0.185 e. The highest BCUT2D eigenvalue weighted by atomic mass is 16.7. The molecule has 1 fully saturated rings. The molecule has 0 aliphatic carbocycles. The van der Waals surface area contributed by atoms with Crippen LogP contribution >= 0.6 is 0 Å². The van der Waals surface area contributed by atoms with E-state index in [9.17, 15) is 0 Å². The number of hydrogen-bond donors (Lipinski definition) is 2. The summed E-state index contributed by atoms with van der Waals surface area (Å²) in [4.78, 5) is 0. The molecular weight excluding hydrogens is 124 g/mol. The molecule has 0 aromatic heterocycles. The van der Waals surface area contributed by atoms with E-state index in [1.807, 2.05) is 0 Å². The Morgan fingerprint density at radius 2 is 2.22 bits per heavy atom. The molecule has 0 radical (unpaired) electrons. The van der Waals surface area contributed by atoms with Crippen LogP contribution in [0.5, 0.6) is 0 Å². The highest BCUT2D eigenvalue weighted by Crippen LogP contribution is 2.13. The molecule has 0 saturated carbocycles. The van der Waals surface area contributed by atoms with Crippen LogP contribution in [0.4, 0.5) is 0 Å². The summed E-state index contributed by atoms with van der Waals surface area (Å²) in [5.41, 5.74) is 0. The maximum atomic E-state index is 8.96. The Labute approximate surface area is 53.0 Å². The molecule has 9 heavy (non-hydrogen) atoms. The largest absolute Gasteiger partial charge is 0.388 e. The van der Waals surface area contributed by atoms with Gasteiger partial charge in [-0.3, -0.25) is 0 Å². The summed E-state index contributed by atoms with van der Waals surface area (Å²) in [6.07, 6.45) is -2.34. The summed E-state index contributed by atoms with van der Waals surface area (Å²) in [7, 11) is 1.42. The van der Waals surface area contributed by atoms with Gasteiger partial charge in [-0.05, 0) is 0 Å². The van der Waals surface area contributed by atoms with E-state index in [0.717, 1.165) is 0 Å². The van der Waals surface area contributed by atoms with Crippen molar-refractivity contribution in [1.29, 1.82) is 0 Å². The van der Waals surface area contributed by atoms with Crippen molar-refractivity contribution in [1.82, 2.24) is 0 Å². The first-order valence-electron chi connectivity index (χ1n) is 2.76. The van der Waals surface area contributed by atoms with Crippen LogP contribution in [0, 0.1) is 0 Å². The Hall–Kier alpha value is -0.160. The Balaban J connectivity index is 2.41. The molecule has 0 amide bonds. The number of rotatable bonds is 1. The third kappa shape index (κ3) is 1.21. The Morgan fingerprint density at radius 3 is 2.44 bits per heavy atom. The van der Waals surface area contributed by atoms with Crippen molar-refractivity contribution in [3.63, 3.8) is 0 Å². The SMILES string of the molecule is CO[C@@H]1OC[C@H](O)[C@@H]1O. The van der Waals surface area contributed by atoms with Crippen molar-refractivity contribution in [2.24, 2.45) is 0 Å². The van der Waals surface area contributed by atoms with E-state index in [0.29, 0.717) is 0 Å². The fourth-order valence-electron chi connectivity index (χ4n) is 0.779.